The van der Waals surface area contributed by atoms with Gasteiger partial charge in [0, 0.05) is 0 Å². The smallest absolute Gasteiger partial charge is 0.335 e. The van der Waals surface area contributed by atoms with Crippen molar-refractivity contribution in [2.45, 2.75) is 0 Å². The Labute approximate surface area is 98.3 Å². The summed E-state index contributed by atoms with van der Waals surface area (Å²) < 4.78 is 10.1. The lowest BCUT2D eigenvalue weighted by atomic mass is 10.1. The first-order chi connectivity index (χ1) is 8.13. The summed E-state index contributed by atoms with van der Waals surface area (Å²) in [4.78, 5) is 21.2. The van der Waals surface area contributed by atoms with Gasteiger partial charge in [0.2, 0.25) is 0 Å². The van der Waals surface area contributed by atoms with Gasteiger partial charge in [0.15, 0.2) is 0 Å². The number of methoxy groups -OCH3 is 2. The van der Waals surface area contributed by atoms with Crippen LogP contribution in [0.3, 0.4) is 0 Å². The predicted octanol–water partition coefficient (Wildman–Crippen LogP) is 1.61. The molecular weight excluding hydrogens is 224 g/mol. The molecule has 1 rings (SSSR count). The van der Waals surface area contributed by atoms with Crippen LogP contribution in [0, 0.1) is 0 Å². The van der Waals surface area contributed by atoms with Crippen molar-refractivity contribution in [1.82, 2.24) is 0 Å². The second-order valence-corrected chi connectivity index (χ2v) is 3.09. The fraction of sp³-hybridized carbons (Fsp3) is 0.167. The second kappa shape index (κ2) is 5.69. The Hall–Kier alpha value is -2.30. The molecule has 1 N–H and O–H groups in total. The minimum Gasteiger partial charge on any atom is -0.496 e. The van der Waals surface area contributed by atoms with Crippen LogP contribution in [0.2, 0.25) is 0 Å². The van der Waals surface area contributed by atoms with E-state index in [0.29, 0.717) is 23.3 Å². The molecule has 0 unspecified atom stereocenters. The molecule has 0 amide bonds. The van der Waals surface area contributed by atoms with Crippen molar-refractivity contribution in [3.63, 3.8) is 0 Å². The molecule has 5 heteroatoms. The van der Waals surface area contributed by atoms with Gasteiger partial charge in [-0.1, -0.05) is 0 Å². The minimum absolute atomic E-state index is 0.0574. The van der Waals surface area contributed by atoms with Crippen LogP contribution >= 0.6 is 0 Å². The van der Waals surface area contributed by atoms with Crippen molar-refractivity contribution in [3.8, 4) is 11.5 Å². The number of hydrogen-bond acceptors (Lipinski definition) is 4. The Morgan fingerprint density at radius 3 is 2.12 bits per heavy atom. The zero-order valence-electron chi connectivity index (χ0n) is 9.47. The van der Waals surface area contributed by atoms with Gasteiger partial charge < -0.3 is 14.6 Å². The lowest BCUT2D eigenvalue weighted by Crippen LogP contribution is -2.00. The fourth-order valence-electron chi connectivity index (χ4n) is 1.36. The summed E-state index contributed by atoms with van der Waals surface area (Å²) >= 11 is 0. The van der Waals surface area contributed by atoms with Gasteiger partial charge in [0.25, 0.3) is 0 Å². The number of rotatable bonds is 5. The molecule has 0 saturated carbocycles. The maximum absolute atomic E-state index is 10.9. The van der Waals surface area contributed by atoms with Crippen LogP contribution in [0.25, 0.3) is 6.08 Å². The molecule has 0 radical (unpaired) electrons. The number of carbonyl (C=O) groups is 2. The number of carbonyl (C=O) groups excluding carboxylic acids is 1. The largest absolute Gasteiger partial charge is 0.496 e. The molecule has 0 aliphatic rings. The normalized spacial score (nSPS) is 10.2. The highest BCUT2D eigenvalue weighted by atomic mass is 16.5. The number of aldehydes is 1. The first-order valence-corrected chi connectivity index (χ1v) is 4.75. The van der Waals surface area contributed by atoms with Gasteiger partial charge in [-0.05, 0) is 24.3 Å². The van der Waals surface area contributed by atoms with Gasteiger partial charge in [-0.25, -0.2) is 4.79 Å². The maximum atomic E-state index is 10.9. The summed E-state index contributed by atoms with van der Waals surface area (Å²) in [5.41, 5.74) is 0.578. The fourth-order valence-corrected chi connectivity index (χ4v) is 1.36. The highest BCUT2D eigenvalue weighted by Crippen LogP contribution is 2.31. The van der Waals surface area contributed by atoms with Crippen LogP contribution in [0.4, 0.5) is 0 Å². The Morgan fingerprint density at radius 2 is 1.76 bits per heavy atom. The van der Waals surface area contributed by atoms with E-state index in [4.69, 9.17) is 14.6 Å². The Kier molecular flexibility index (Phi) is 4.28. The van der Waals surface area contributed by atoms with E-state index in [-0.39, 0.29) is 5.56 Å². The van der Waals surface area contributed by atoms with Gasteiger partial charge >= 0.3 is 5.97 Å². The van der Waals surface area contributed by atoms with E-state index < -0.39 is 5.97 Å². The van der Waals surface area contributed by atoms with Crippen molar-refractivity contribution in [3.05, 3.63) is 29.3 Å². The molecule has 1 aromatic rings. The standard InChI is InChI=1S/C12H12O5/c1-16-10-6-8(12(14)15)7-11(17-2)9(10)4-3-5-13/h3-7H,1-2H3,(H,14,15). The third-order valence-electron chi connectivity index (χ3n) is 2.13. The van der Waals surface area contributed by atoms with Crippen LogP contribution in [0.5, 0.6) is 11.5 Å². The highest BCUT2D eigenvalue weighted by molar-refractivity contribution is 5.90. The number of aromatic carboxylic acids is 1. The van der Waals surface area contributed by atoms with Crippen molar-refractivity contribution >= 4 is 18.3 Å². The molecule has 0 fully saturated rings. The molecule has 0 spiro atoms. The van der Waals surface area contributed by atoms with Gasteiger partial charge in [0.1, 0.15) is 17.8 Å². The lowest BCUT2D eigenvalue weighted by Gasteiger charge is -2.11. The molecule has 17 heavy (non-hydrogen) atoms. The van der Waals surface area contributed by atoms with E-state index in [0.717, 1.165) is 0 Å². The molecular formula is C12H12O5. The first-order valence-electron chi connectivity index (χ1n) is 4.75. The Morgan fingerprint density at radius 1 is 1.24 bits per heavy atom. The topological polar surface area (TPSA) is 72.8 Å². The molecule has 0 aliphatic carbocycles. The van der Waals surface area contributed by atoms with Gasteiger partial charge in [-0.2, -0.15) is 0 Å². The average molecular weight is 236 g/mol. The highest BCUT2D eigenvalue weighted by Gasteiger charge is 2.13. The van der Waals surface area contributed by atoms with E-state index in [2.05, 4.69) is 0 Å². The van der Waals surface area contributed by atoms with Crippen LogP contribution in [-0.2, 0) is 4.79 Å². The van der Waals surface area contributed by atoms with Crippen molar-refractivity contribution in [2.75, 3.05) is 14.2 Å². The van der Waals surface area contributed by atoms with E-state index in [1.807, 2.05) is 0 Å². The number of benzene rings is 1. The van der Waals surface area contributed by atoms with E-state index >= 15 is 0 Å². The summed E-state index contributed by atoms with van der Waals surface area (Å²) in [5.74, 6) is -0.410. The van der Waals surface area contributed by atoms with Gasteiger partial charge in [-0.3, -0.25) is 4.79 Å². The first kappa shape index (κ1) is 12.8. The minimum atomic E-state index is -1.08. The summed E-state index contributed by atoms with van der Waals surface area (Å²) in [6, 6.07) is 2.74. The predicted molar refractivity (Wildman–Crippen MR) is 61.6 cm³/mol. The average Bonchev–Trinajstić information content (AvgIpc) is 2.34. The van der Waals surface area contributed by atoms with Gasteiger partial charge in [0.05, 0.1) is 25.3 Å². The number of carboxylic acid groups (broad SMARTS) is 1. The van der Waals surface area contributed by atoms with E-state index in [1.54, 1.807) is 0 Å². The van der Waals surface area contributed by atoms with Crippen LogP contribution < -0.4 is 9.47 Å². The molecule has 90 valence electrons. The van der Waals surface area contributed by atoms with Crippen LogP contribution in [0.15, 0.2) is 18.2 Å². The number of ether oxygens (including phenoxy) is 2. The zero-order chi connectivity index (χ0) is 12.8. The quantitative estimate of drug-likeness (QED) is 0.621. The van der Waals surface area contributed by atoms with Crippen LogP contribution in [-0.4, -0.2) is 31.6 Å². The summed E-state index contributed by atoms with van der Waals surface area (Å²) in [6.07, 6.45) is 3.39. The van der Waals surface area contributed by atoms with E-state index in [9.17, 15) is 9.59 Å². The van der Waals surface area contributed by atoms with Crippen molar-refractivity contribution < 1.29 is 24.2 Å². The molecule has 0 bridgehead atoms. The number of allylic oxidation sites excluding steroid dienone is 1. The lowest BCUT2D eigenvalue weighted by molar-refractivity contribution is -0.104. The molecule has 0 aliphatic heterocycles. The molecule has 0 aromatic heterocycles. The third kappa shape index (κ3) is 2.84. The van der Waals surface area contributed by atoms with Crippen molar-refractivity contribution in [2.24, 2.45) is 0 Å². The molecule has 0 saturated heterocycles. The molecule has 0 atom stereocenters. The summed E-state index contributed by atoms with van der Waals surface area (Å²) in [7, 11) is 2.83. The maximum Gasteiger partial charge on any atom is 0.335 e. The zero-order valence-corrected chi connectivity index (χ0v) is 9.47. The number of carboxylic acids is 1. The number of hydrogen-bond donors (Lipinski definition) is 1. The monoisotopic (exact) mass is 236 g/mol. The molecule has 0 heterocycles. The Bertz CT molecular complexity index is 437. The molecule has 5 nitrogen and oxygen atoms in total. The van der Waals surface area contributed by atoms with Crippen LogP contribution in [0.1, 0.15) is 15.9 Å². The third-order valence-corrected chi connectivity index (χ3v) is 2.13. The second-order valence-electron chi connectivity index (χ2n) is 3.09. The van der Waals surface area contributed by atoms with Crippen molar-refractivity contribution in [1.29, 1.82) is 0 Å². The van der Waals surface area contributed by atoms with Gasteiger partial charge in [-0.15, -0.1) is 0 Å². The summed E-state index contributed by atoms with van der Waals surface area (Å²) in [6.45, 7) is 0. The summed E-state index contributed by atoms with van der Waals surface area (Å²) in [5, 5.41) is 8.91. The Balaban J connectivity index is 3.40. The molecule has 1 aromatic carbocycles. The SMILES string of the molecule is COc1cc(C(=O)O)cc(OC)c1C=CC=O. The van der Waals surface area contributed by atoms with E-state index in [1.165, 1.54) is 38.5 Å².